The van der Waals surface area contributed by atoms with Crippen LogP contribution in [0.5, 0.6) is 5.75 Å². The Morgan fingerprint density at radius 2 is 2.10 bits per heavy atom. The maximum Gasteiger partial charge on any atom is 0.251 e. The molecule has 5 heteroatoms. The predicted molar refractivity (Wildman–Crippen MR) is 83.0 cm³/mol. The van der Waals surface area contributed by atoms with E-state index in [1.165, 1.54) is 25.3 Å². The zero-order valence-electron chi connectivity index (χ0n) is 11.7. The summed E-state index contributed by atoms with van der Waals surface area (Å²) in [5, 5.41) is 12.5. The van der Waals surface area contributed by atoms with E-state index in [0.29, 0.717) is 22.6 Å². The lowest BCUT2D eigenvalue weighted by Crippen LogP contribution is -2.44. The number of phenols is 1. The molecule has 1 heterocycles. The number of phenolic OH excluding ortho intramolecular Hbond substituents is 1. The third-order valence-corrected chi connectivity index (χ3v) is 4.45. The van der Waals surface area contributed by atoms with Crippen molar-refractivity contribution in [2.75, 3.05) is 19.6 Å². The third-order valence-electron chi connectivity index (χ3n) is 3.78. The zero-order chi connectivity index (χ0) is 14.5. The second kappa shape index (κ2) is 7.09. The van der Waals surface area contributed by atoms with Gasteiger partial charge >= 0.3 is 0 Å². The normalized spacial score (nSPS) is 17.7. The molecule has 4 nitrogen and oxygen atoms in total. The number of halogens is 1. The van der Waals surface area contributed by atoms with Gasteiger partial charge in [0.15, 0.2) is 0 Å². The fourth-order valence-corrected chi connectivity index (χ4v) is 2.73. The molecule has 2 rings (SSSR count). The van der Waals surface area contributed by atoms with Crippen LogP contribution in [0.3, 0.4) is 0 Å². The molecule has 1 aromatic carbocycles. The number of aromatic hydroxyl groups is 1. The summed E-state index contributed by atoms with van der Waals surface area (Å²) in [7, 11) is 0. The minimum Gasteiger partial charge on any atom is -0.507 e. The number of benzene rings is 1. The van der Waals surface area contributed by atoms with Gasteiger partial charge in [0.2, 0.25) is 0 Å². The van der Waals surface area contributed by atoms with Gasteiger partial charge in [-0.25, -0.2) is 0 Å². The minimum absolute atomic E-state index is 0.0849. The molecule has 0 spiro atoms. The van der Waals surface area contributed by atoms with Crippen LogP contribution in [0.1, 0.15) is 36.5 Å². The van der Waals surface area contributed by atoms with Crippen LogP contribution in [-0.2, 0) is 0 Å². The second-order valence-electron chi connectivity index (χ2n) is 5.32. The number of carbonyl (C=O) groups is 1. The van der Waals surface area contributed by atoms with Crippen molar-refractivity contribution < 1.29 is 9.90 Å². The fourth-order valence-electron chi connectivity index (χ4n) is 2.48. The average molecular weight is 341 g/mol. The molecule has 1 fully saturated rings. The highest BCUT2D eigenvalue weighted by Gasteiger charge is 2.17. The third kappa shape index (κ3) is 3.96. The second-order valence-corrected chi connectivity index (χ2v) is 6.18. The van der Waals surface area contributed by atoms with Crippen LogP contribution in [0.25, 0.3) is 0 Å². The summed E-state index contributed by atoms with van der Waals surface area (Å²) < 4.78 is 0.593. The molecule has 20 heavy (non-hydrogen) atoms. The summed E-state index contributed by atoms with van der Waals surface area (Å²) in [6.07, 6.45) is 3.81. The SMILES string of the molecule is CC(CNC(=O)c1ccc(Br)c(O)c1)N1CCCCC1. The number of hydrogen-bond acceptors (Lipinski definition) is 3. The van der Waals surface area contributed by atoms with Crippen LogP contribution in [-0.4, -0.2) is 41.6 Å². The molecule has 1 saturated heterocycles. The summed E-state index contributed by atoms with van der Waals surface area (Å²) in [6, 6.07) is 5.21. The van der Waals surface area contributed by atoms with Gasteiger partial charge in [0, 0.05) is 18.2 Å². The molecular formula is C15H21BrN2O2. The maximum atomic E-state index is 12.0. The quantitative estimate of drug-likeness (QED) is 0.886. The van der Waals surface area contributed by atoms with Crippen LogP contribution in [0.4, 0.5) is 0 Å². The molecule has 1 aliphatic heterocycles. The number of nitrogens with one attached hydrogen (secondary N) is 1. The number of carbonyl (C=O) groups excluding carboxylic acids is 1. The van der Waals surface area contributed by atoms with Gasteiger partial charge < -0.3 is 10.4 Å². The molecular weight excluding hydrogens is 320 g/mol. The number of piperidine rings is 1. The van der Waals surface area contributed by atoms with Crippen LogP contribution < -0.4 is 5.32 Å². The molecule has 1 unspecified atom stereocenters. The van der Waals surface area contributed by atoms with E-state index in [-0.39, 0.29) is 11.7 Å². The Balaban J connectivity index is 1.86. The van der Waals surface area contributed by atoms with Gasteiger partial charge in [0.25, 0.3) is 5.91 Å². The first-order valence-electron chi connectivity index (χ1n) is 7.08. The number of rotatable bonds is 4. The molecule has 0 aromatic heterocycles. The average Bonchev–Trinajstić information content (AvgIpc) is 2.48. The van der Waals surface area contributed by atoms with Crippen molar-refractivity contribution in [2.24, 2.45) is 0 Å². The molecule has 2 N–H and O–H groups in total. The summed E-state index contributed by atoms with van der Waals surface area (Å²) >= 11 is 3.20. The van der Waals surface area contributed by atoms with E-state index in [9.17, 15) is 9.90 Å². The Bertz CT molecular complexity index is 473. The Labute approximate surface area is 128 Å². The van der Waals surface area contributed by atoms with E-state index < -0.39 is 0 Å². The van der Waals surface area contributed by atoms with Crippen molar-refractivity contribution in [1.29, 1.82) is 0 Å². The lowest BCUT2D eigenvalue weighted by atomic mass is 10.1. The van der Waals surface area contributed by atoms with Crippen molar-refractivity contribution in [3.63, 3.8) is 0 Å². The largest absolute Gasteiger partial charge is 0.507 e. The number of nitrogens with zero attached hydrogens (tertiary/aromatic N) is 1. The Kier molecular flexibility index (Phi) is 5.43. The highest BCUT2D eigenvalue weighted by Crippen LogP contribution is 2.24. The van der Waals surface area contributed by atoms with Gasteiger partial charge in [0.1, 0.15) is 5.75 Å². The Morgan fingerprint density at radius 1 is 1.40 bits per heavy atom. The summed E-state index contributed by atoms with van der Waals surface area (Å²) in [6.45, 7) is 5.02. The highest BCUT2D eigenvalue weighted by molar-refractivity contribution is 9.10. The monoisotopic (exact) mass is 340 g/mol. The maximum absolute atomic E-state index is 12.0. The van der Waals surface area contributed by atoms with E-state index in [2.05, 4.69) is 33.1 Å². The zero-order valence-corrected chi connectivity index (χ0v) is 13.3. The van der Waals surface area contributed by atoms with Crippen molar-refractivity contribution in [3.05, 3.63) is 28.2 Å². The van der Waals surface area contributed by atoms with E-state index in [4.69, 9.17) is 0 Å². The molecule has 1 aliphatic rings. The van der Waals surface area contributed by atoms with Gasteiger partial charge in [-0.2, -0.15) is 0 Å². The van der Waals surface area contributed by atoms with Gasteiger partial charge in [0.05, 0.1) is 4.47 Å². The molecule has 1 atom stereocenters. The van der Waals surface area contributed by atoms with Gasteiger partial charge in [-0.05, 0) is 67.0 Å². The minimum atomic E-state index is -0.142. The van der Waals surface area contributed by atoms with Crippen LogP contribution >= 0.6 is 15.9 Å². The lowest BCUT2D eigenvalue weighted by molar-refractivity contribution is 0.0929. The van der Waals surface area contributed by atoms with Crippen LogP contribution in [0, 0.1) is 0 Å². The Hall–Kier alpha value is -1.07. The van der Waals surface area contributed by atoms with Crippen molar-refractivity contribution in [1.82, 2.24) is 10.2 Å². The first-order chi connectivity index (χ1) is 9.58. The fraction of sp³-hybridized carbons (Fsp3) is 0.533. The van der Waals surface area contributed by atoms with Crippen molar-refractivity contribution in [3.8, 4) is 5.75 Å². The molecule has 0 saturated carbocycles. The standard InChI is InChI=1S/C15H21BrN2O2/c1-11(18-7-3-2-4-8-18)10-17-15(20)12-5-6-13(16)14(19)9-12/h5-6,9,11,19H,2-4,7-8,10H2,1H3,(H,17,20). The van der Waals surface area contributed by atoms with E-state index in [0.717, 1.165) is 13.1 Å². The number of amides is 1. The van der Waals surface area contributed by atoms with E-state index in [1.807, 2.05) is 0 Å². The topological polar surface area (TPSA) is 52.6 Å². The van der Waals surface area contributed by atoms with Gasteiger partial charge in [-0.15, -0.1) is 0 Å². The lowest BCUT2D eigenvalue weighted by Gasteiger charge is -2.32. The van der Waals surface area contributed by atoms with Crippen molar-refractivity contribution in [2.45, 2.75) is 32.2 Å². The predicted octanol–water partition coefficient (Wildman–Crippen LogP) is 2.76. The number of hydrogen-bond donors (Lipinski definition) is 2. The van der Waals surface area contributed by atoms with E-state index >= 15 is 0 Å². The highest BCUT2D eigenvalue weighted by atomic mass is 79.9. The summed E-state index contributed by atoms with van der Waals surface area (Å²) in [5.74, 6) is -0.0570. The smallest absolute Gasteiger partial charge is 0.251 e. The first kappa shape index (κ1) is 15.3. The summed E-state index contributed by atoms with van der Waals surface area (Å²) in [4.78, 5) is 14.5. The molecule has 1 aromatic rings. The van der Waals surface area contributed by atoms with Gasteiger partial charge in [-0.1, -0.05) is 6.42 Å². The van der Waals surface area contributed by atoms with Crippen molar-refractivity contribution >= 4 is 21.8 Å². The Morgan fingerprint density at radius 3 is 2.75 bits per heavy atom. The van der Waals surface area contributed by atoms with Crippen LogP contribution in [0.2, 0.25) is 0 Å². The molecule has 1 amide bonds. The molecule has 0 bridgehead atoms. The molecule has 110 valence electrons. The molecule has 0 aliphatic carbocycles. The summed E-state index contributed by atoms with van der Waals surface area (Å²) in [5.41, 5.74) is 0.483. The van der Waals surface area contributed by atoms with Crippen LogP contribution in [0.15, 0.2) is 22.7 Å². The molecule has 0 radical (unpaired) electrons. The van der Waals surface area contributed by atoms with Gasteiger partial charge in [-0.3, -0.25) is 9.69 Å². The first-order valence-corrected chi connectivity index (χ1v) is 7.88. The van der Waals surface area contributed by atoms with E-state index in [1.54, 1.807) is 12.1 Å². The number of likely N-dealkylation sites (tertiary alicyclic amines) is 1.